The zero-order valence-corrected chi connectivity index (χ0v) is 40.3. The average molecular weight is 1010 g/mol. The van der Waals surface area contributed by atoms with Gasteiger partial charge in [-0.15, -0.1) is 0 Å². The topological polar surface area (TPSA) is 227 Å². The number of ether oxygens (including phenoxy) is 2. The summed E-state index contributed by atoms with van der Waals surface area (Å²) in [6, 6.07) is 16.5. The summed E-state index contributed by atoms with van der Waals surface area (Å²) in [6.07, 6.45) is 7.79. The molecule has 2 atom stereocenters. The minimum atomic E-state index is -0.601. The fraction of sp³-hybridized carbons (Fsp3) is 0.269. The number of halogens is 4. The molecule has 0 bridgehead atoms. The summed E-state index contributed by atoms with van der Waals surface area (Å²) in [5.74, 6) is -0.883. The van der Waals surface area contributed by atoms with E-state index in [1.54, 1.807) is 42.8 Å². The molecule has 6 aromatic heterocycles. The number of nitrogens with two attached hydrogens (primary N) is 2. The third kappa shape index (κ3) is 7.78. The number of benzene rings is 4. The van der Waals surface area contributed by atoms with Gasteiger partial charge in [0.2, 0.25) is 0 Å². The van der Waals surface area contributed by atoms with E-state index in [-0.39, 0.29) is 57.0 Å². The van der Waals surface area contributed by atoms with Crippen LogP contribution in [-0.2, 0) is 0 Å². The van der Waals surface area contributed by atoms with Crippen molar-refractivity contribution in [3.8, 4) is 34.0 Å². The first kappa shape index (κ1) is 47.5. The third-order valence-corrected chi connectivity index (χ3v) is 14.1. The van der Waals surface area contributed by atoms with Gasteiger partial charge in [-0.1, -0.05) is 12.1 Å². The molecule has 6 heterocycles. The maximum atomic E-state index is 14.7. The Morgan fingerprint density at radius 1 is 0.554 bits per heavy atom. The van der Waals surface area contributed by atoms with Crippen molar-refractivity contribution in [1.82, 2.24) is 58.6 Å². The van der Waals surface area contributed by atoms with Gasteiger partial charge in [0.25, 0.3) is 11.1 Å². The van der Waals surface area contributed by atoms with Crippen LogP contribution in [0.1, 0.15) is 88.2 Å². The van der Waals surface area contributed by atoms with Crippen LogP contribution in [0, 0.1) is 23.3 Å². The van der Waals surface area contributed by atoms with Gasteiger partial charge in [-0.05, 0) is 113 Å². The van der Waals surface area contributed by atoms with Crippen molar-refractivity contribution in [1.29, 1.82) is 0 Å². The van der Waals surface area contributed by atoms with Crippen LogP contribution in [0.3, 0.4) is 0 Å². The summed E-state index contributed by atoms with van der Waals surface area (Å²) in [5.41, 5.74) is 14.6. The van der Waals surface area contributed by atoms with Crippen molar-refractivity contribution in [3.63, 3.8) is 0 Å². The molecule has 10 aromatic rings. The number of aromatic nitrogens is 12. The molecule has 0 saturated heterocycles. The van der Waals surface area contributed by atoms with Crippen molar-refractivity contribution < 1.29 is 27.0 Å². The Morgan fingerprint density at radius 2 is 0.959 bits per heavy atom. The molecule has 0 spiro atoms. The van der Waals surface area contributed by atoms with Gasteiger partial charge in [-0.2, -0.15) is 10.2 Å². The SMILES string of the molecule is COc1ccc(-c2nn([C@@H](C)c3nc4cccc(F)c4c(=O)n3C3CCC3)c3ncnc(N)c23)cc1F.COc1ccc(-c2nn([C@H](C)c3nc4cccc(F)c4c(=O)n3C3CCC3)c3ncnc(N)c23)cc1F. The maximum Gasteiger partial charge on any atom is 0.264 e. The Balaban J connectivity index is 0.000000159. The Morgan fingerprint density at radius 3 is 1.31 bits per heavy atom. The first-order chi connectivity index (χ1) is 35.8. The molecular weight excluding hydrogens is 961 g/mol. The summed E-state index contributed by atoms with van der Waals surface area (Å²) in [4.78, 5) is 53.6. The molecule has 2 saturated carbocycles. The molecule has 74 heavy (non-hydrogen) atoms. The number of methoxy groups -OCH3 is 2. The summed E-state index contributed by atoms with van der Waals surface area (Å²) < 4.78 is 74.9. The van der Waals surface area contributed by atoms with Crippen LogP contribution in [0.15, 0.2) is 95.0 Å². The Kier molecular flexibility index (Phi) is 12.0. The molecule has 0 unspecified atom stereocenters. The fourth-order valence-electron chi connectivity index (χ4n) is 9.80. The zero-order valence-electron chi connectivity index (χ0n) is 40.3. The number of rotatable bonds is 10. The van der Waals surface area contributed by atoms with Gasteiger partial charge in [-0.25, -0.2) is 56.8 Å². The molecule has 0 aliphatic heterocycles. The lowest BCUT2D eigenvalue weighted by Crippen LogP contribution is -2.35. The van der Waals surface area contributed by atoms with Crippen LogP contribution >= 0.6 is 0 Å². The minimum absolute atomic E-state index is 0.0309. The summed E-state index contributed by atoms with van der Waals surface area (Å²) in [7, 11) is 2.78. The largest absolute Gasteiger partial charge is 0.494 e. The Hall–Kier alpha value is -8.82. The van der Waals surface area contributed by atoms with Crippen LogP contribution in [0.4, 0.5) is 29.2 Å². The second-order valence-corrected chi connectivity index (χ2v) is 18.3. The van der Waals surface area contributed by atoms with Crippen molar-refractivity contribution in [2.45, 2.75) is 76.5 Å². The van der Waals surface area contributed by atoms with Crippen molar-refractivity contribution >= 4 is 55.5 Å². The van der Waals surface area contributed by atoms with Crippen LogP contribution in [0.2, 0.25) is 0 Å². The third-order valence-electron chi connectivity index (χ3n) is 14.1. The van der Waals surface area contributed by atoms with Gasteiger partial charge in [0.15, 0.2) is 34.4 Å². The van der Waals surface area contributed by atoms with Crippen LogP contribution < -0.4 is 32.1 Å². The van der Waals surface area contributed by atoms with E-state index >= 15 is 0 Å². The van der Waals surface area contributed by atoms with Crippen LogP contribution in [0.25, 0.3) is 66.4 Å². The average Bonchev–Trinajstić information content (AvgIpc) is 3.95. The number of hydrogen-bond acceptors (Lipinski definition) is 14. The first-order valence-electron chi connectivity index (χ1n) is 23.8. The standard InChI is InChI=1S/2C26H23F2N7O2/c2*1-13(24-32-18-8-4-7-16(27)20(18)26(36)34(24)15-5-3-6-15)35-25-21(23(29)30-12-31-25)22(33-35)14-9-10-19(37-2)17(28)11-14/h2*4,7-13,15H,3,5-6H2,1-2H3,(H2,29,30,31)/t2*13-/m10/s1. The first-order valence-corrected chi connectivity index (χ1v) is 23.8. The molecule has 2 fully saturated rings. The van der Waals surface area contributed by atoms with Gasteiger partial charge in [-0.3, -0.25) is 18.7 Å². The molecule has 4 N–H and O–H groups in total. The second-order valence-electron chi connectivity index (χ2n) is 18.3. The molecule has 18 nitrogen and oxygen atoms in total. The lowest BCUT2D eigenvalue weighted by molar-refractivity contribution is 0.288. The van der Waals surface area contributed by atoms with Gasteiger partial charge in [0.05, 0.1) is 36.0 Å². The molecule has 22 heteroatoms. The molecule has 4 aromatic carbocycles. The quantitative estimate of drug-likeness (QED) is 0.122. The normalized spacial score (nSPS) is 14.7. The maximum absolute atomic E-state index is 14.7. The molecule has 2 aliphatic carbocycles. The van der Waals surface area contributed by atoms with E-state index in [1.165, 1.54) is 75.4 Å². The van der Waals surface area contributed by atoms with Crippen LogP contribution in [0.5, 0.6) is 11.5 Å². The summed E-state index contributed by atoms with van der Waals surface area (Å²) in [6.45, 7) is 3.68. The zero-order chi connectivity index (χ0) is 51.7. The fourth-order valence-corrected chi connectivity index (χ4v) is 9.80. The van der Waals surface area contributed by atoms with E-state index in [1.807, 2.05) is 13.8 Å². The van der Waals surface area contributed by atoms with E-state index in [0.29, 0.717) is 56.2 Å². The highest BCUT2D eigenvalue weighted by Crippen LogP contribution is 2.39. The predicted octanol–water partition coefficient (Wildman–Crippen LogP) is 8.81. The molecule has 0 radical (unpaired) electrons. The number of nitrogens with zero attached hydrogens (tertiary/aromatic N) is 12. The van der Waals surface area contributed by atoms with Crippen molar-refractivity contribution in [2.75, 3.05) is 25.7 Å². The highest BCUT2D eigenvalue weighted by molar-refractivity contribution is 5.99. The monoisotopic (exact) mass is 1010 g/mol. The van der Waals surface area contributed by atoms with Gasteiger partial charge >= 0.3 is 0 Å². The van der Waals surface area contributed by atoms with E-state index in [0.717, 1.165) is 38.5 Å². The van der Waals surface area contributed by atoms with E-state index in [9.17, 15) is 27.2 Å². The molecule has 12 rings (SSSR count). The Labute approximate surface area is 417 Å². The smallest absolute Gasteiger partial charge is 0.264 e. The van der Waals surface area contributed by atoms with Gasteiger partial charge in [0.1, 0.15) is 81.8 Å². The number of fused-ring (bicyclic) bond motifs is 4. The van der Waals surface area contributed by atoms with Gasteiger partial charge < -0.3 is 20.9 Å². The van der Waals surface area contributed by atoms with Gasteiger partial charge in [0, 0.05) is 23.2 Å². The van der Waals surface area contributed by atoms with E-state index in [2.05, 4.69) is 19.9 Å². The van der Waals surface area contributed by atoms with Crippen molar-refractivity contribution in [3.05, 3.63) is 141 Å². The summed E-state index contributed by atoms with van der Waals surface area (Å²) >= 11 is 0. The molecule has 376 valence electrons. The van der Waals surface area contributed by atoms with E-state index < -0.39 is 46.5 Å². The highest BCUT2D eigenvalue weighted by Gasteiger charge is 2.33. The number of hydrogen-bond donors (Lipinski definition) is 2. The lowest BCUT2D eigenvalue weighted by atomic mass is 9.92. The minimum Gasteiger partial charge on any atom is -0.494 e. The van der Waals surface area contributed by atoms with E-state index in [4.69, 9.17) is 41.1 Å². The molecular formula is C52H46F4N14O4. The molecule has 2 aliphatic rings. The highest BCUT2D eigenvalue weighted by atomic mass is 19.1. The summed E-state index contributed by atoms with van der Waals surface area (Å²) in [5, 5.41) is 10.4. The number of nitrogen functional groups attached to an aromatic ring is 2. The van der Waals surface area contributed by atoms with Crippen LogP contribution in [-0.4, -0.2) is 72.8 Å². The second kappa shape index (κ2) is 18.7. The predicted molar refractivity (Wildman–Crippen MR) is 269 cm³/mol. The Bertz CT molecular complexity index is 3740. The van der Waals surface area contributed by atoms with Crippen molar-refractivity contribution in [2.24, 2.45) is 0 Å². The molecule has 0 amide bonds. The number of anilines is 2. The lowest BCUT2D eigenvalue weighted by Gasteiger charge is -2.31.